The van der Waals surface area contributed by atoms with Crippen molar-refractivity contribution in [2.75, 3.05) is 19.7 Å². The standard InChI is InChI=1S/C26H28FN3O4/c1-2-15-33-22-10-8-18(9-11-22)23(31)12-13-24(32)30-14-4-6-20(17-30)26-28-25(29-34-26)19-5-3-7-21(27)16-19/h3,5,7-11,16,20H,2,4,6,12-15,17H2,1H3. The number of nitrogens with zero attached hydrogens (tertiary/aromatic N) is 3. The molecule has 1 atom stereocenters. The number of amides is 1. The Morgan fingerprint density at radius 3 is 2.76 bits per heavy atom. The maximum atomic E-state index is 13.5. The van der Waals surface area contributed by atoms with Gasteiger partial charge in [0, 0.05) is 37.1 Å². The molecule has 1 aliphatic rings. The van der Waals surface area contributed by atoms with Crippen molar-refractivity contribution in [2.45, 2.75) is 44.9 Å². The SMILES string of the molecule is CCCOc1ccc(C(=O)CCC(=O)N2CCCC(c3nc(-c4cccc(F)c4)no3)C2)cc1. The maximum Gasteiger partial charge on any atom is 0.231 e. The van der Waals surface area contributed by atoms with Crippen molar-refractivity contribution >= 4 is 11.7 Å². The quantitative estimate of drug-likeness (QED) is 0.412. The summed E-state index contributed by atoms with van der Waals surface area (Å²) in [7, 11) is 0. The van der Waals surface area contributed by atoms with Gasteiger partial charge in [-0.25, -0.2) is 4.39 Å². The third-order valence-corrected chi connectivity index (χ3v) is 5.86. The Morgan fingerprint density at radius 1 is 1.18 bits per heavy atom. The minimum absolute atomic E-state index is 0.0641. The first-order valence-electron chi connectivity index (χ1n) is 11.7. The van der Waals surface area contributed by atoms with Crippen molar-refractivity contribution in [2.24, 2.45) is 0 Å². The van der Waals surface area contributed by atoms with Crippen LogP contribution in [0, 0.1) is 5.82 Å². The number of likely N-dealkylation sites (tertiary alicyclic amines) is 1. The number of halogens is 1. The lowest BCUT2D eigenvalue weighted by molar-refractivity contribution is -0.132. The molecular weight excluding hydrogens is 437 g/mol. The van der Waals surface area contributed by atoms with Gasteiger partial charge in [-0.05, 0) is 55.7 Å². The summed E-state index contributed by atoms with van der Waals surface area (Å²) in [5.74, 6) is 0.919. The van der Waals surface area contributed by atoms with Gasteiger partial charge in [-0.1, -0.05) is 24.2 Å². The van der Waals surface area contributed by atoms with Crippen molar-refractivity contribution in [1.82, 2.24) is 15.0 Å². The van der Waals surface area contributed by atoms with Gasteiger partial charge < -0.3 is 14.2 Å². The van der Waals surface area contributed by atoms with Crippen LogP contribution >= 0.6 is 0 Å². The van der Waals surface area contributed by atoms with E-state index in [-0.39, 0.29) is 36.3 Å². The monoisotopic (exact) mass is 465 g/mol. The minimum atomic E-state index is -0.367. The van der Waals surface area contributed by atoms with E-state index in [0.717, 1.165) is 25.0 Å². The second-order valence-electron chi connectivity index (χ2n) is 8.44. The molecule has 7 nitrogen and oxygen atoms in total. The van der Waals surface area contributed by atoms with Crippen molar-refractivity contribution in [3.8, 4) is 17.1 Å². The molecule has 2 heterocycles. The van der Waals surface area contributed by atoms with Gasteiger partial charge in [0.1, 0.15) is 11.6 Å². The van der Waals surface area contributed by atoms with Crippen LogP contribution in [0.2, 0.25) is 0 Å². The summed E-state index contributed by atoms with van der Waals surface area (Å²) in [6, 6.07) is 13.1. The number of hydrogen-bond acceptors (Lipinski definition) is 6. The van der Waals surface area contributed by atoms with E-state index in [4.69, 9.17) is 9.26 Å². The molecule has 0 N–H and O–H groups in total. The molecule has 3 aromatic rings. The van der Waals surface area contributed by atoms with Crippen LogP contribution in [0.5, 0.6) is 5.75 Å². The molecule has 0 spiro atoms. The molecule has 1 aliphatic heterocycles. The number of hydrogen-bond donors (Lipinski definition) is 0. The molecule has 0 radical (unpaired) electrons. The van der Waals surface area contributed by atoms with E-state index >= 15 is 0 Å². The Morgan fingerprint density at radius 2 is 2.00 bits per heavy atom. The average Bonchev–Trinajstić information content (AvgIpc) is 3.37. The van der Waals surface area contributed by atoms with Crippen molar-refractivity contribution < 1.29 is 23.2 Å². The highest BCUT2D eigenvalue weighted by Crippen LogP contribution is 2.28. The second kappa shape index (κ2) is 11.0. The molecule has 0 aliphatic carbocycles. The molecular formula is C26H28FN3O4. The van der Waals surface area contributed by atoms with Gasteiger partial charge in [-0.2, -0.15) is 4.98 Å². The Labute approximate surface area is 197 Å². The number of ether oxygens (including phenoxy) is 1. The fraction of sp³-hybridized carbons (Fsp3) is 0.385. The second-order valence-corrected chi connectivity index (χ2v) is 8.44. The largest absolute Gasteiger partial charge is 0.494 e. The summed E-state index contributed by atoms with van der Waals surface area (Å²) >= 11 is 0. The van der Waals surface area contributed by atoms with Crippen LogP contribution in [0.1, 0.15) is 61.2 Å². The number of benzene rings is 2. The number of ketones is 1. The first-order valence-corrected chi connectivity index (χ1v) is 11.7. The number of carbonyl (C=O) groups is 2. The van der Waals surface area contributed by atoms with E-state index in [1.165, 1.54) is 12.1 Å². The Balaban J connectivity index is 1.31. The van der Waals surface area contributed by atoms with Crippen LogP contribution in [0.15, 0.2) is 53.1 Å². The number of carbonyl (C=O) groups excluding carboxylic acids is 2. The smallest absolute Gasteiger partial charge is 0.231 e. The molecule has 1 fully saturated rings. The molecule has 8 heteroatoms. The van der Waals surface area contributed by atoms with Gasteiger partial charge in [0.05, 0.1) is 12.5 Å². The maximum absolute atomic E-state index is 13.5. The van der Waals surface area contributed by atoms with Gasteiger partial charge in [-0.15, -0.1) is 0 Å². The van der Waals surface area contributed by atoms with Gasteiger partial charge in [-0.3, -0.25) is 9.59 Å². The van der Waals surface area contributed by atoms with E-state index in [2.05, 4.69) is 10.1 Å². The van der Waals surface area contributed by atoms with E-state index in [9.17, 15) is 14.0 Å². The number of aromatic nitrogens is 2. The van der Waals surface area contributed by atoms with Gasteiger partial charge in [0.25, 0.3) is 0 Å². The molecule has 1 amide bonds. The van der Waals surface area contributed by atoms with Crippen molar-refractivity contribution in [3.63, 3.8) is 0 Å². The Hall–Kier alpha value is -3.55. The van der Waals surface area contributed by atoms with Crippen LogP contribution in [0.4, 0.5) is 4.39 Å². The summed E-state index contributed by atoms with van der Waals surface area (Å²) in [5, 5.41) is 3.98. The fourth-order valence-electron chi connectivity index (χ4n) is 4.03. The topological polar surface area (TPSA) is 85.5 Å². The van der Waals surface area contributed by atoms with Crippen molar-refractivity contribution in [3.05, 3.63) is 65.8 Å². The van der Waals surface area contributed by atoms with Gasteiger partial charge >= 0.3 is 0 Å². The zero-order valence-electron chi connectivity index (χ0n) is 19.2. The summed E-state index contributed by atoms with van der Waals surface area (Å²) in [5.41, 5.74) is 1.12. The summed E-state index contributed by atoms with van der Waals surface area (Å²) in [6.07, 6.45) is 2.85. The third-order valence-electron chi connectivity index (χ3n) is 5.86. The lowest BCUT2D eigenvalue weighted by Gasteiger charge is -2.31. The minimum Gasteiger partial charge on any atom is -0.494 e. The molecule has 2 aromatic carbocycles. The first-order chi connectivity index (χ1) is 16.5. The molecule has 0 saturated carbocycles. The van der Waals surface area contributed by atoms with E-state index < -0.39 is 0 Å². The van der Waals surface area contributed by atoms with Crippen LogP contribution < -0.4 is 4.74 Å². The molecule has 178 valence electrons. The highest BCUT2D eigenvalue weighted by atomic mass is 19.1. The first kappa shape index (κ1) is 23.6. The van der Waals surface area contributed by atoms with E-state index in [1.54, 1.807) is 41.3 Å². The normalized spacial score (nSPS) is 15.8. The average molecular weight is 466 g/mol. The number of Topliss-reactive ketones (excluding diaryl/α,β-unsaturated/α-hetero) is 1. The highest BCUT2D eigenvalue weighted by Gasteiger charge is 2.29. The van der Waals surface area contributed by atoms with Crippen LogP contribution in [-0.2, 0) is 4.79 Å². The van der Waals surface area contributed by atoms with Gasteiger partial charge in [0.2, 0.25) is 17.6 Å². The molecule has 0 bridgehead atoms. The molecule has 1 unspecified atom stereocenters. The zero-order valence-corrected chi connectivity index (χ0v) is 19.2. The summed E-state index contributed by atoms with van der Waals surface area (Å²) in [6.45, 7) is 3.76. The van der Waals surface area contributed by atoms with Crippen LogP contribution in [-0.4, -0.2) is 46.4 Å². The Bertz CT molecular complexity index is 1130. The molecule has 1 saturated heterocycles. The molecule has 34 heavy (non-hydrogen) atoms. The lowest BCUT2D eigenvalue weighted by Crippen LogP contribution is -2.39. The van der Waals surface area contributed by atoms with E-state index in [0.29, 0.717) is 42.5 Å². The van der Waals surface area contributed by atoms with E-state index in [1.807, 2.05) is 6.92 Å². The summed E-state index contributed by atoms with van der Waals surface area (Å²) in [4.78, 5) is 31.5. The van der Waals surface area contributed by atoms with Crippen LogP contribution in [0.3, 0.4) is 0 Å². The van der Waals surface area contributed by atoms with Crippen molar-refractivity contribution in [1.29, 1.82) is 0 Å². The Kier molecular flexibility index (Phi) is 7.67. The number of piperidine rings is 1. The predicted molar refractivity (Wildman–Crippen MR) is 124 cm³/mol. The molecule has 1 aromatic heterocycles. The zero-order chi connectivity index (χ0) is 23.9. The summed E-state index contributed by atoms with van der Waals surface area (Å²) < 4.78 is 24.5. The molecule has 4 rings (SSSR count). The lowest BCUT2D eigenvalue weighted by atomic mass is 9.97. The third kappa shape index (κ3) is 5.87. The number of rotatable bonds is 9. The highest BCUT2D eigenvalue weighted by molar-refractivity contribution is 5.98. The fourth-order valence-corrected chi connectivity index (χ4v) is 4.03. The van der Waals surface area contributed by atoms with Gasteiger partial charge in [0.15, 0.2) is 5.78 Å². The predicted octanol–water partition coefficient (Wildman–Crippen LogP) is 5.03. The van der Waals surface area contributed by atoms with Crippen LogP contribution in [0.25, 0.3) is 11.4 Å².